The molecule has 0 spiro atoms. The molecular weight excluding hydrogens is 258 g/mol. The molecule has 4 heteroatoms. The number of alkyl halides is 1. The molecule has 2 aromatic rings. The van der Waals surface area contributed by atoms with Gasteiger partial charge in [0.2, 0.25) is 5.95 Å². The predicted octanol–water partition coefficient (Wildman–Crippen LogP) is 3.78. The Kier molecular flexibility index (Phi) is 3.65. The molecule has 1 aromatic heterocycles. The van der Waals surface area contributed by atoms with Crippen LogP contribution >= 0.6 is 11.6 Å². The van der Waals surface area contributed by atoms with Crippen LogP contribution in [0, 0.1) is 5.92 Å². The van der Waals surface area contributed by atoms with E-state index in [4.69, 9.17) is 11.6 Å². The lowest BCUT2D eigenvalue weighted by Gasteiger charge is -2.31. The smallest absolute Gasteiger partial charge is 0.203 e. The highest BCUT2D eigenvalue weighted by Crippen LogP contribution is 2.28. The monoisotopic (exact) mass is 277 g/mol. The van der Waals surface area contributed by atoms with Gasteiger partial charge in [-0.3, -0.25) is 0 Å². The normalized spacial score (nSPS) is 23.7. The fourth-order valence-electron chi connectivity index (χ4n) is 3.02. The SMILES string of the molecule is Cn1c(NC2CCCCC2CCl)nc2ccccc21. The maximum atomic E-state index is 6.09. The zero-order chi connectivity index (χ0) is 13.2. The summed E-state index contributed by atoms with van der Waals surface area (Å²) in [4.78, 5) is 4.68. The lowest BCUT2D eigenvalue weighted by Crippen LogP contribution is -2.34. The van der Waals surface area contributed by atoms with Crippen LogP contribution in [-0.2, 0) is 7.05 Å². The van der Waals surface area contributed by atoms with E-state index < -0.39 is 0 Å². The minimum Gasteiger partial charge on any atom is -0.353 e. The molecule has 0 aliphatic heterocycles. The van der Waals surface area contributed by atoms with Crippen molar-refractivity contribution in [3.8, 4) is 0 Å². The molecule has 0 saturated heterocycles. The van der Waals surface area contributed by atoms with E-state index in [2.05, 4.69) is 40.1 Å². The summed E-state index contributed by atoms with van der Waals surface area (Å²) in [6, 6.07) is 8.70. The largest absolute Gasteiger partial charge is 0.353 e. The van der Waals surface area contributed by atoms with Crippen molar-refractivity contribution in [2.24, 2.45) is 13.0 Å². The summed E-state index contributed by atoms with van der Waals surface area (Å²) >= 11 is 6.09. The maximum Gasteiger partial charge on any atom is 0.203 e. The molecule has 1 fully saturated rings. The molecule has 0 radical (unpaired) electrons. The number of hydrogen-bond acceptors (Lipinski definition) is 2. The molecule has 3 rings (SSSR count). The van der Waals surface area contributed by atoms with Gasteiger partial charge in [0, 0.05) is 19.0 Å². The van der Waals surface area contributed by atoms with E-state index >= 15 is 0 Å². The third kappa shape index (κ3) is 2.44. The van der Waals surface area contributed by atoms with Crippen molar-refractivity contribution < 1.29 is 0 Å². The second-order valence-corrected chi connectivity index (χ2v) is 5.74. The number of rotatable bonds is 3. The summed E-state index contributed by atoms with van der Waals surface area (Å²) in [6.07, 6.45) is 5.01. The molecule has 1 heterocycles. The standard InChI is InChI=1S/C15H20ClN3/c1-19-14-9-5-4-8-13(14)18-15(19)17-12-7-3-2-6-11(12)10-16/h4-5,8-9,11-12H,2-3,6-7,10H2,1H3,(H,17,18). The van der Waals surface area contributed by atoms with E-state index in [-0.39, 0.29) is 0 Å². The zero-order valence-corrected chi connectivity index (χ0v) is 12.0. The van der Waals surface area contributed by atoms with Crippen molar-refractivity contribution >= 4 is 28.6 Å². The van der Waals surface area contributed by atoms with E-state index in [0.29, 0.717) is 12.0 Å². The van der Waals surface area contributed by atoms with Crippen LogP contribution in [0.1, 0.15) is 25.7 Å². The first-order valence-electron chi connectivity index (χ1n) is 7.03. The van der Waals surface area contributed by atoms with Gasteiger partial charge in [-0.1, -0.05) is 25.0 Å². The Hall–Kier alpha value is -1.22. The van der Waals surface area contributed by atoms with Gasteiger partial charge in [-0.2, -0.15) is 0 Å². The van der Waals surface area contributed by atoms with Gasteiger partial charge < -0.3 is 9.88 Å². The topological polar surface area (TPSA) is 29.9 Å². The number of aromatic nitrogens is 2. The second kappa shape index (κ2) is 5.41. The summed E-state index contributed by atoms with van der Waals surface area (Å²) in [5.41, 5.74) is 2.22. The first-order chi connectivity index (χ1) is 9.29. The van der Waals surface area contributed by atoms with Crippen molar-refractivity contribution in [1.82, 2.24) is 9.55 Å². The molecule has 1 N–H and O–H groups in total. The highest BCUT2D eigenvalue weighted by atomic mass is 35.5. The summed E-state index contributed by atoms with van der Waals surface area (Å²) in [7, 11) is 2.07. The molecule has 1 aromatic carbocycles. The molecule has 0 amide bonds. The van der Waals surface area contributed by atoms with Crippen LogP contribution in [0.2, 0.25) is 0 Å². The molecule has 2 atom stereocenters. The summed E-state index contributed by atoms with van der Waals surface area (Å²) in [6.45, 7) is 0. The quantitative estimate of drug-likeness (QED) is 0.865. The maximum absolute atomic E-state index is 6.09. The molecule has 1 aliphatic carbocycles. The van der Waals surface area contributed by atoms with Crippen LogP contribution in [-0.4, -0.2) is 21.5 Å². The summed E-state index contributed by atoms with van der Waals surface area (Å²) in [5, 5.41) is 3.61. The third-order valence-corrected chi connectivity index (χ3v) is 4.61. The average Bonchev–Trinajstić information content (AvgIpc) is 2.77. The van der Waals surface area contributed by atoms with E-state index in [1.54, 1.807) is 0 Å². The summed E-state index contributed by atoms with van der Waals surface area (Å²) in [5.74, 6) is 2.26. The summed E-state index contributed by atoms with van der Waals surface area (Å²) < 4.78 is 2.13. The Balaban J connectivity index is 1.86. The predicted molar refractivity (Wildman–Crippen MR) is 80.8 cm³/mol. The average molecular weight is 278 g/mol. The first-order valence-corrected chi connectivity index (χ1v) is 7.57. The van der Waals surface area contributed by atoms with Crippen LogP contribution in [0.15, 0.2) is 24.3 Å². The highest BCUT2D eigenvalue weighted by molar-refractivity contribution is 6.18. The van der Waals surface area contributed by atoms with Gasteiger partial charge in [0.1, 0.15) is 0 Å². The van der Waals surface area contributed by atoms with Gasteiger partial charge in [-0.05, 0) is 30.9 Å². The molecular formula is C15H20ClN3. The third-order valence-electron chi connectivity index (χ3n) is 4.21. The first kappa shape index (κ1) is 12.8. The fourth-order valence-corrected chi connectivity index (χ4v) is 3.39. The Morgan fingerprint density at radius 1 is 1.32 bits per heavy atom. The van der Waals surface area contributed by atoms with E-state index in [0.717, 1.165) is 17.3 Å². The van der Waals surface area contributed by atoms with E-state index in [9.17, 15) is 0 Å². The minimum absolute atomic E-state index is 0.460. The van der Waals surface area contributed by atoms with Crippen LogP contribution in [0.25, 0.3) is 11.0 Å². The van der Waals surface area contributed by atoms with Gasteiger partial charge in [0.25, 0.3) is 0 Å². The lowest BCUT2D eigenvalue weighted by molar-refractivity contribution is 0.351. The molecule has 0 bridgehead atoms. The number of imidazole rings is 1. The van der Waals surface area contributed by atoms with Crippen molar-refractivity contribution in [2.75, 3.05) is 11.2 Å². The van der Waals surface area contributed by atoms with Crippen LogP contribution < -0.4 is 5.32 Å². The van der Waals surface area contributed by atoms with Crippen LogP contribution in [0.4, 0.5) is 5.95 Å². The van der Waals surface area contributed by atoms with Gasteiger partial charge in [-0.25, -0.2) is 4.98 Å². The van der Waals surface area contributed by atoms with Gasteiger partial charge in [0.15, 0.2) is 0 Å². The zero-order valence-electron chi connectivity index (χ0n) is 11.3. The molecule has 3 nitrogen and oxygen atoms in total. The van der Waals surface area contributed by atoms with Gasteiger partial charge in [0.05, 0.1) is 11.0 Å². The van der Waals surface area contributed by atoms with Gasteiger partial charge in [-0.15, -0.1) is 11.6 Å². The van der Waals surface area contributed by atoms with Gasteiger partial charge >= 0.3 is 0 Å². The number of benzene rings is 1. The highest BCUT2D eigenvalue weighted by Gasteiger charge is 2.25. The van der Waals surface area contributed by atoms with Crippen molar-refractivity contribution in [3.63, 3.8) is 0 Å². The van der Waals surface area contributed by atoms with Crippen molar-refractivity contribution in [2.45, 2.75) is 31.7 Å². The van der Waals surface area contributed by atoms with E-state index in [1.165, 1.54) is 31.2 Å². The number of anilines is 1. The van der Waals surface area contributed by atoms with Crippen molar-refractivity contribution in [1.29, 1.82) is 0 Å². The minimum atomic E-state index is 0.460. The molecule has 2 unspecified atom stereocenters. The Bertz CT molecular complexity index is 564. The molecule has 1 aliphatic rings. The molecule has 19 heavy (non-hydrogen) atoms. The number of nitrogens with one attached hydrogen (secondary N) is 1. The number of fused-ring (bicyclic) bond motifs is 1. The number of aryl methyl sites for hydroxylation is 1. The number of para-hydroxylation sites is 2. The molecule has 102 valence electrons. The Morgan fingerprint density at radius 3 is 2.89 bits per heavy atom. The Labute approximate surface area is 119 Å². The van der Waals surface area contributed by atoms with Crippen LogP contribution in [0.5, 0.6) is 0 Å². The van der Waals surface area contributed by atoms with Crippen molar-refractivity contribution in [3.05, 3.63) is 24.3 Å². The van der Waals surface area contributed by atoms with E-state index in [1.807, 2.05) is 6.07 Å². The Morgan fingerprint density at radius 2 is 2.11 bits per heavy atom. The lowest BCUT2D eigenvalue weighted by atomic mass is 9.86. The van der Waals surface area contributed by atoms with Crippen LogP contribution in [0.3, 0.4) is 0 Å². The molecule has 1 saturated carbocycles. The number of halogens is 1. The second-order valence-electron chi connectivity index (χ2n) is 5.43. The fraction of sp³-hybridized carbons (Fsp3) is 0.533. The number of hydrogen-bond donors (Lipinski definition) is 1. The number of nitrogens with zero attached hydrogens (tertiary/aromatic N) is 2.